The predicted molar refractivity (Wildman–Crippen MR) is 102 cm³/mol. The normalized spacial score (nSPS) is 14.5. The minimum absolute atomic E-state index is 0.171. The third-order valence-electron chi connectivity index (χ3n) is 3.89. The van der Waals surface area contributed by atoms with Gasteiger partial charge in [0.1, 0.15) is 6.10 Å². The molecule has 2 unspecified atom stereocenters. The number of carbonyl (C=O) groups excluding carboxylic acids is 1. The first kappa shape index (κ1) is 23.2. The summed E-state index contributed by atoms with van der Waals surface area (Å²) < 4.78 is 0. The Labute approximate surface area is 151 Å². The van der Waals surface area contributed by atoms with Crippen LogP contribution < -0.4 is 0 Å². The molecule has 0 rings (SSSR count). The second kappa shape index (κ2) is 17.1. The molecule has 0 aromatic rings. The van der Waals surface area contributed by atoms with Gasteiger partial charge in [-0.15, -0.1) is 0 Å². The van der Waals surface area contributed by atoms with Crippen LogP contribution in [0, 0.1) is 10.1 Å². The molecule has 2 atom stereocenters. The van der Waals surface area contributed by atoms with Gasteiger partial charge in [-0.25, -0.2) is 0 Å². The van der Waals surface area contributed by atoms with Crippen LogP contribution in [-0.4, -0.2) is 28.5 Å². The Morgan fingerprint density at radius 3 is 2.28 bits per heavy atom. The predicted octanol–water partition coefficient (Wildman–Crippen LogP) is 4.69. The molecule has 5 nitrogen and oxygen atoms in total. The van der Waals surface area contributed by atoms with Gasteiger partial charge in [-0.1, -0.05) is 56.2 Å². The largest absolute Gasteiger partial charge is 0.386 e. The van der Waals surface area contributed by atoms with Gasteiger partial charge in [0, 0.05) is 17.8 Å². The molecule has 0 saturated heterocycles. The highest BCUT2D eigenvalue weighted by Gasteiger charge is 2.28. The number of aliphatic hydroxyl groups excluding tert-OH is 1. The molecule has 0 aromatic heterocycles. The van der Waals surface area contributed by atoms with E-state index in [2.05, 4.69) is 25.2 Å². The summed E-state index contributed by atoms with van der Waals surface area (Å²) in [6.07, 6.45) is 20.5. The molecule has 0 saturated carbocycles. The van der Waals surface area contributed by atoms with E-state index in [0.29, 0.717) is 6.42 Å². The Kier molecular flexibility index (Phi) is 15.9. The Morgan fingerprint density at radius 1 is 1.04 bits per heavy atom. The van der Waals surface area contributed by atoms with Crippen molar-refractivity contribution in [2.24, 2.45) is 0 Å². The molecule has 0 spiro atoms. The molecule has 25 heavy (non-hydrogen) atoms. The van der Waals surface area contributed by atoms with Crippen LogP contribution in [0.25, 0.3) is 0 Å². The van der Waals surface area contributed by atoms with Crippen molar-refractivity contribution in [1.82, 2.24) is 0 Å². The highest BCUT2D eigenvalue weighted by molar-refractivity contribution is 5.50. The number of hydrogen-bond donors (Lipinski definition) is 1. The van der Waals surface area contributed by atoms with Gasteiger partial charge in [-0.3, -0.25) is 14.9 Å². The monoisotopic (exact) mass is 350 g/mol. The lowest BCUT2D eigenvalue weighted by molar-refractivity contribution is -0.535. The van der Waals surface area contributed by atoms with Crippen molar-refractivity contribution in [2.45, 2.75) is 83.3 Å². The van der Waals surface area contributed by atoms with Crippen molar-refractivity contribution in [1.29, 1.82) is 0 Å². The number of nitrogens with zero attached hydrogens (tertiary/aromatic N) is 1. The van der Waals surface area contributed by atoms with Crippen molar-refractivity contribution < 1.29 is 14.8 Å². The summed E-state index contributed by atoms with van der Waals surface area (Å²) in [5, 5.41) is 20.9. The standard InChI is InChI=1S/C20H32NO4/c1-2-3-4-5-6-7-8-9-10-11-12-13-17-20(23)19(21(24)25)16-14-15-18-22/h6-7,9-10,12-13,19-20,23H,2-5,8,11,14-17H2,1H3/b7-6-,10-9-,13-12-. The number of nitro groups is 1. The van der Waals surface area contributed by atoms with E-state index in [1.807, 2.05) is 12.2 Å². The van der Waals surface area contributed by atoms with E-state index in [9.17, 15) is 20.0 Å². The summed E-state index contributed by atoms with van der Waals surface area (Å²) in [5.74, 6) is 0. The quantitative estimate of drug-likeness (QED) is 0.189. The van der Waals surface area contributed by atoms with Crippen molar-refractivity contribution in [3.63, 3.8) is 0 Å². The van der Waals surface area contributed by atoms with Gasteiger partial charge in [-0.2, -0.15) is 0 Å². The molecule has 0 heterocycles. The first-order chi connectivity index (χ1) is 12.1. The van der Waals surface area contributed by atoms with E-state index >= 15 is 0 Å². The van der Waals surface area contributed by atoms with Crippen LogP contribution in [-0.2, 0) is 4.79 Å². The molecule has 1 N–H and O–H groups in total. The molecule has 0 amide bonds. The molecule has 0 bridgehead atoms. The van der Waals surface area contributed by atoms with E-state index in [1.165, 1.54) is 19.3 Å². The van der Waals surface area contributed by atoms with E-state index in [4.69, 9.17) is 0 Å². The van der Waals surface area contributed by atoms with E-state index in [-0.39, 0.29) is 19.3 Å². The maximum Gasteiger partial charge on any atom is 0.238 e. The van der Waals surface area contributed by atoms with Gasteiger partial charge in [0.2, 0.25) is 6.04 Å². The molecule has 1 radical (unpaired) electrons. The fourth-order valence-electron chi connectivity index (χ4n) is 2.39. The molecule has 141 valence electrons. The second-order valence-electron chi connectivity index (χ2n) is 6.07. The Hall–Kier alpha value is -1.75. The Balaban J connectivity index is 3.91. The van der Waals surface area contributed by atoms with Crippen molar-refractivity contribution in [3.8, 4) is 0 Å². The van der Waals surface area contributed by atoms with Crippen LogP contribution >= 0.6 is 0 Å². The van der Waals surface area contributed by atoms with Gasteiger partial charge < -0.3 is 5.11 Å². The molecular weight excluding hydrogens is 318 g/mol. The zero-order chi connectivity index (χ0) is 18.8. The number of unbranched alkanes of at least 4 members (excludes halogenated alkanes) is 4. The lowest BCUT2D eigenvalue weighted by atomic mass is 10.0. The molecule has 0 fully saturated rings. The van der Waals surface area contributed by atoms with E-state index < -0.39 is 17.1 Å². The summed E-state index contributed by atoms with van der Waals surface area (Å²) in [6.45, 7) is 2.20. The van der Waals surface area contributed by atoms with Crippen molar-refractivity contribution in [2.75, 3.05) is 0 Å². The van der Waals surface area contributed by atoms with Crippen LogP contribution in [0.5, 0.6) is 0 Å². The van der Waals surface area contributed by atoms with Gasteiger partial charge >= 0.3 is 0 Å². The SMILES string of the molecule is CCCCC/C=C\C/C=C\C/C=C\CC(O)C(CCC[C]=O)[N+](=O)[O-]. The first-order valence-electron chi connectivity index (χ1n) is 9.25. The Morgan fingerprint density at radius 2 is 1.68 bits per heavy atom. The summed E-state index contributed by atoms with van der Waals surface area (Å²) in [6, 6.07) is -1.02. The highest BCUT2D eigenvalue weighted by Crippen LogP contribution is 2.12. The number of hydrogen-bond acceptors (Lipinski definition) is 4. The molecule has 0 aromatic carbocycles. The number of aliphatic hydroxyl groups is 1. The maximum absolute atomic E-state index is 11.0. The number of allylic oxidation sites excluding steroid dienone is 5. The highest BCUT2D eigenvalue weighted by atomic mass is 16.6. The minimum atomic E-state index is -1.02. The maximum atomic E-state index is 11.0. The third-order valence-corrected chi connectivity index (χ3v) is 3.89. The van der Waals surface area contributed by atoms with Crippen LogP contribution in [0.4, 0.5) is 0 Å². The van der Waals surface area contributed by atoms with Gasteiger partial charge in [-0.05, 0) is 38.5 Å². The van der Waals surface area contributed by atoms with Crippen LogP contribution in [0.1, 0.15) is 71.1 Å². The van der Waals surface area contributed by atoms with Crippen molar-refractivity contribution >= 4 is 6.29 Å². The summed E-state index contributed by atoms with van der Waals surface area (Å²) in [7, 11) is 0. The lowest BCUT2D eigenvalue weighted by Gasteiger charge is -2.13. The van der Waals surface area contributed by atoms with E-state index in [0.717, 1.165) is 19.3 Å². The van der Waals surface area contributed by atoms with Gasteiger partial charge in [0.15, 0.2) is 6.29 Å². The molecule has 5 heteroatoms. The lowest BCUT2D eigenvalue weighted by Crippen LogP contribution is -2.33. The second-order valence-corrected chi connectivity index (χ2v) is 6.07. The first-order valence-corrected chi connectivity index (χ1v) is 9.25. The van der Waals surface area contributed by atoms with Crippen LogP contribution in [0.2, 0.25) is 0 Å². The zero-order valence-electron chi connectivity index (χ0n) is 15.3. The van der Waals surface area contributed by atoms with Crippen LogP contribution in [0.15, 0.2) is 36.5 Å². The summed E-state index contributed by atoms with van der Waals surface area (Å²) >= 11 is 0. The van der Waals surface area contributed by atoms with Crippen LogP contribution in [0.3, 0.4) is 0 Å². The van der Waals surface area contributed by atoms with Crippen molar-refractivity contribution in [3.05, 3.63) is 46.6 Å². The Bertz CT molecular complexity index is 429. The average Bonchev–Trinajstić information content (AvgIpc) is 2.59. The minimum Gasteiger partial charge on any atom is -0.386 e. The smallest absolute Gasteiger partial charge is 0.238 e. The molecule has 0 aliphatic rings. The summed E-state index contributed by atoms with van der Waals surface area (Å²) in [4.78, 5) is 20.6. The average molecular weight is 350 g/mol. The molecular formula is C20H32NO4. The fourth-order valence-corrected chi connectivity index (χ4v) is 2.39. The summed E-state index contributed by atoms with van der Waals surface area (Å²) in [5.41, 5.74) is 0. The topological polar surface area (TPSA) is 80.4 Å². The molecule has 0 aliphatic carbocycles. The number of rotatable bonds is 16. The fraction of sp³-hybridized carbons (Fsp3) is 0.650. The van der Waals surface area contributed by atoms with Gasteiger partial charge in [0.05, 0.1) is 0 Å². The third kappa shape index (κ3) is 14.3. The zero-order valence-corrected chi connectivity index (χ0v) is 15.3. The van der Waals surface area contributed by atoms with Gasteiger partial charge in [0.25, 0.3) is 0 Å². The molecule has 0 aliphatic heterocycles. The van der Waals surface area contributed by atoms with E-state index in [1.54, 1.807) is 12.4 Å².